The number of amidine groups is 1. The van der Waals surface area contributed by atoms with Crippen molar-refractivity contribution in [3.63, 3.8) is 0 Å². The number of nitrogens with one attached hydrogen (secondary N) is 1. The Morgan fingerprint density at radius 3 is 2.52 bits per heavy atom. The summed E-state index contributed by atoms with van der Waals surface area (Å²) in [6.45, 7) is 2.33. The Hall–Kier alpha value is -2.93. The number of carbonyl (C=O) groups is 1. The van der Waals surface area contributed by atoms with Gasteiger partial charge in [-0.3, -0.25) is 4.79 Å². The number of thioether (sulfide) groups is 1. The molecule has 1 fully saturated rings. The Morgan fingerprint density at radius 1 is 1.00 bits per heavy atom. The van der Waals surface area contributed by atoms with Gasteiger partial charge in [-0.25, -0.2) is 4.99 Å². The fourth-order valence-electron chi connectivity index (χ4n) is 3.05. The molecule has 1 saturated heterocycles. The molecule has 4 rings (SSSR count). The van der Waals surface area contributed by atoms with Gasteiger partial charge in [0.2, 0.25) is 0 Å². The quantitative estimate of drug-likeness (QED) is 0.380. The van der Waals surface area contributed by atoms with Crippen molar-refractivity contribution in [1.82, 2.24) is 5.32 Å². The van der Waals surface area contributed by atoms with Crippen molar-refractivity contribution in [1.29, 1.82) is 0 Å². The normalized spacial score (nSPS) is 15.7. The van der Waals surface area contributed by atoms with E-state index in [4.69, 9.17) is 32.7 Å². The highest BCUT2D eigenvalue weighted by molar-refractivity contribution is 8.18. The number of aliphatic imine (C=N–C) groups is 1. The van der Waals surface area contributed by atoms with Crippen LogP contribution in [0.3, 0.4) is 0 Å². The molecule has 8 heteroatoms. The van der Waals surface area contributed by atoms with Crippen LogP contribution >= 0.6 is 35.0 Å². The van der Waals surface area contributed by atoms with Crippen LogP contribution in [-0.4, -0.2) is 18.2 Å². The number of methoxy groups -OCH3 is 1. The minimum absolute atomic E-state index is 0.190. The van der Waals surface area contributed by atoms with Crippen LogP contribution in [0.15, 0.2) is 70.6 Å². The molecule has 1 N–H and O–H groups in total. The van der Waals surface area contributed by atoms with Crippen LogP contribution in [0.5, 0.6) is 11.5 Å². The second kappa shape index (κ2) is 10.3. The van der Waals surface area contributed by atoms with E-state index in [1.54, 1.807) is 25.3 Å². The van der Waals surface area contributed by atoms with Crippen molar-refractivity contribution in [2.24, 2.45) is 4.99 Å². The Morgan fingerprint density at radius 2 is 1.79 bits per heavy atom. The van der Waals surface area contributed by atoms with Crippen molar-refractivity contribution in [3.8, 4) is 11.5 Å². The van der Waals surface area contributed by atoms with Crippen molar-refractivity contribution in [2.45, 2.75) is 13.5 Å². The van der Waals surface area contributed by atoms with E-state index < -0.39 is 0 Å². The standard InChI is InChI=1S/C25H20Cl2N2O3S/c1-15-3-7-18(8-4-15)28-25-29-24(30)23(33-25)13-16-6-10-21(22(12-16)31-2)32-14-17-5-9-19(26)20(27)11-17/h3-13H,14H2,1-2H3,(H,28,29,30)/b23-13-. The molecule has 0 saturated carbocycles. The van der Waals surface area contributed by atoms with Crippen molar-refractivity contribution in [3.05, 3.63) is 92.3 Å². The first-order chi connectivity index (χ1) is 15.9. The Bertz CT molecular complexity index is 1260. The maximum atomic E-state index is 12.4. The van der Waals surface area contributed by atoms with Gasteiger partial charge in [-0.05, 0) is 72.3 Å². The maximum absolute atomic E-state index is 12.4. The van der Waals surface area contributed by atoms with Crippen LogP contribution in [0.1, 0.15) is 16.7 Å². The summed E-state index contributed by atoms with van der Waals surface area (Å²) in [5.74, 6) is 0.946. The van der Waals surface area contributed by atoms with Gasteiger partial charge in [0.25, 0.3) is 5.91 Å². The minimum Gasteiger partial charge on any atom is -0.493 e. The lowest BCUT2D eigenvalue weighted by Gasteiger charge is -2.12. The Labute approximate surface area is 206 Å². The lowest BCUT2D eigenvalue weighted by molar-refractivity contribution is -0.115. The third-order valence-corrected chi connectivity index (χ3v) is 6.43. The van der Waals surface area contributed by atoms with Gasteiger partial charge in [0.05, 0.1) is 27.7 Å². The number of benzene rings is 3. The molecular weight excluding hydrogens is 479 g/mol. The maximum Gasteiger partial charge on any atom is 0.264 e. The smallest absolute Gasteiger partial charge is 0.264 e. The van der Waals surface area contributed by atoms with Crippen LogP contribution < -0.4 is 14.8 Å². The number of nitrogens with zero attached hydrogens (tertiary/aromatic N) is 1. The lowest BCUT2D eigenvalue weighted by Crippen LogP contribution is -2.19. The third kappa shape index (κ3) is 5.90. The van der Waals surface area contributed by atoms with Crippen LogP contribution in [0.4, 0.5) is 5.69 Å². The first kappa shape index (κ1) is 23.2. The number of halogens is 2. The Balaban J connectivity index is 1.48. The summed E-state index contributed by atoms with van der Waals surface area (Å²) in [6.07, 6.45) is 1.79. The molecule has 3 aromatic carbocycles. The van der Waals surface area contributed by atoms with E-state index in [1.165, 1.54) is 11.8 Å². The third-order valence-electron chi connectivity index (χ3n) is 4.78. The number of ether oxygens (including phenoxy) is 2. The molecule has 0 aromatic heterocycles. The molecule has 0 aliphatic carbocycles. The van der Waals surface area contributed by atoms with E-state index in [-0.39, 0.29) is 5.91 Å². The van der Waals surface area contributed by atoms with Gasteiger partial charge >= 0.3 is 0 Å². The number of rotatable bonds is 6. The second-order valence-electron chi connectivity index (χ2n) is 7.26. The molecule has 0 atom stereocenters. The molecule has 3 aromatic rings. The average Bonchev–Trinajstić information content (AvgIpc) is 3.15. The largest absolute Gasteiger partial charge is 0.493 e. The van der Waals surface area contributed by atoms with Gasteiger partial charge in [0.1, 0.15) is 6.61 Å². The predicted octanol–water partition coefficient (Wildman–Crippen LogP) is 6.78. The Kier molecular flexibility index (Phi) is 7.28. The van der Waals surface area contributed by atoms with E-state index >= 15 is 0 Å². The molecule has 0 radical (unpaired) electrons. The van der Waals surface area contributed by atoms with E-state index in [0.29, 0.717) is 38.2 Å². The molecular formula is C25H20Cl2N2O3S. The van der Waals surface area contributed by atoms with Gasteiger partial charge in [0.15, 0.2) is 16.7 Å². The summed E-state index contributed by atoms with van der Waals surface area (Å²) in [4.78, 5) is 17.5. The second-order valence-corrected chi connectivity index (χ2v) is 9.11. The molecule has 1 aliphatic rings. The first-order valence-corrected chi connectivity index (χ1v) is 11.6. The molecule has 0 bridgehead atoms. The highest BCUT2D eigenvalue weighted by atomic mass is 35.5. The summed E-state index contributed by atoms with van der Waals surface area (Å²) in [6, 6.07) is 18.6. The number of amides is 1. The summed E-state index contributed by atoms with van der Waals surface area (Å²) >= 11 is 13.3. The zero-order valence-electron chi connectivity index (χ0n) is 17.9. The van der Waals surface area contributed by atoms with Gasteiger partial charge in [-0.2, -0.15) is 0 Å². The molecule has 33 heavy (non-hydrogen) atoms. The van der Waals surface area contributed by atoms with Gasteiger partial charge in [-0.1, -0.05) is 53.0 Å². The number of aryl methyl sites for hydroxylation is 1. The molecule has 0 unspecified atom stereocenters. The first-order valence-electron chi connectivity index (χ1n) is 10.0. The summed E-state index contributed by atoms with van der Waals surface area (Å²) in [5.41, 5.74) is 3.64. The lowest BCUT2D eigenvalue weighted by atomic mass is 10.2. The molecule has 0 spiro atoms. The van der Waals surface area contributed by atoms with E-state index in [1.807, 2.05) is 55.5 Å². The van der Waals surface area contributed by atoms with Crippen molar-refractivity contribution >= 4 is 57.8 Å². The molecule has 168 valence electrons. The SMILES string of the molecule is COc1cc(/C=C2\SC(=Nc3ccc(C)cc3)NC2=O)ccc1OCc1ccc(Cl)c(Cl)c1. The highest BCUT2D eigenvalue weighted by Gasteiger charge is 2.24. The van der Waals surface area contributed by atoms with Gasteiger partial charge < -0.3 is 14.8 Å². The minimum atomic E-state index is -0.190. The van der Waals surface area contributed by atoms with Crippen LogP contribution in [-0.2, 0) is 11.4 Å². The zero-order valence-corrected chi connectivity index (χ0v) is 20.2. The predicted molar refractivity (Wildman–Crippen MR) is 136 cm³/mol. The number of hydrogen-bond donors (Lipinski definition) is 1. The topological polar surface area (TPSA) is 59.9 Å². The molecule has 1 heterocycles. The van der Waals surface area contributed by atoms with Crippen molar-refractivity contribution < 1.29 is 14.3 Å². The molecule has 1 aliphatic heterocycles. The van der Waals surface area contributed by atoms with Crippen molar-refractivity contribution in [2.75, 3.05) is 7.11 Å². The zero-order chi connectivity index (χ0) is 23.4. The van der Waals surface area contributed by atoms with Gasteiger partial charge in [0, 0.05) is 0 Å². The summed E-state index contributed by atoms with van der Waals surface area (Å²) < 4.78 is 11.4. The van der Waals surface area contributed by atoms with Crippen LogP contribution in [0.25, 0.3) is 6.08 Å². The average molecular weight is 499 g/mol. The molecule has 1 amide bonds. The summed E-state index contributed by atoms with van der Waals surface area (Å²) in [5, 5.41) is 4.32. The fourth-order valence-corrected chi connectivity index (χ4v) is 4.21. The van der Waals surface area contributed by atoms with E-state index in [2.05, 4.69) is 10.3 Å². The number of carbonyl (C=O) groups excluding carboxylic acids is 1. The fraction of sp³-hybridized carbons (Fsp3) is 0.120. The molecule has 5 nitrogen and oxygen atoms in total. The van der Waals surface area contributed by atoms with E-state index in [0.717, 1.165) is 22.4 Å². The highest BCUT2D eigenvalue weighted by Crippen LogP contribution is 2.33. The summed E-state index contributed by atoms with van der Waals surface area (Å²) in [7, 11) is 1.57. The van der Waals surface area contributed by atoms with Gasteiger partial charge in [-0.15, -0.1) is 0 Å². The number of hydrogen-bond acceptors (Lipinski definition) is 5. The van der Waals surface area contributed by atoms with Crippen LogP contribution in [0.2, 0.25) is 10.0 Å². The monoisotopic (exact) mass is 498 g/mol. The van der Waals surface area contributed by atoms with E-state index in [9.17, 15) is 4.79 Å². The van der Waals surface area contributed by atoms with Crippen LogP contribution in [0, 0.1) is 6.92 Å².